The minimum Gasteiger partial charge on any atom is -0.352 e. The van der Waals surface area contributed by atoms with Crippen LogP contribution in [0.3, 0.4) is 0 Å². The fraction of sp³-hybridized carbons (Fsp3) is 0.364. The summed E-state index contributed by atoms with van der Waals surface area (Å²) in [6, 6.07) is 82.2. The van der Waals surface area contributed by atoms with E-state index >= 15 is 0 Å². The van der Waals surface area contributed by atoms with Gasteiger partial charge in [-0.25, -0.2) is 8.42 Å². The standard InChI is InChI=1S/C39H52N6O5S.C36H43N3O3.C31H35N3O2.CH4/c40-20-7-5-13-33(25-37(46)32-19-18-29-10-1-2-12-31(29)24-32)39(48)44-35(16-6-8-21-41)27-45(51(49,50)23-22-42)28-38(47)43-26-34-15-9-14-30-11-3-4-17-36(30)34;37-21-6-5-9-27(23-35(41)32-18-17-28-10-1-2-12-31(28)24-32)25-39(36(42)16-8-22-38)26-33(40)20-19-30-14-7-13-29-11-3-4-15-34(29)30;32-19-6-5-13-28(33)21-34(31(36)27-16-15-23-8-1-2-10-26(23)20-27)22-29(35)18-17-25-12-7-11-24-9-3-4-14-30(24)25;/h1-4,9-12,14-15,17-19,24,33,35H,5-8,13,16,20-23,25-28,40-42H2,(H,43,47)(H,44,48);1-4,7,10-15,17-18,24,27H,5-6,8-9,16,19-23,25-26,37-38H2;1-4,7-12,14-16,20,28H,5-6,13,17-19,21-22,32-33H2;1H4/t33-,35+;27-;28-;/m110./s1. The van der Waals surface area contributed by atoms with Crippen LogP contribution >= 0.6 is 0 Å². The number of nitrogens with two attached hydrogens (primary N) is 7. The van der Waals surface area contributed by atoms with Gasteiger partial charge in [-0.3, -0.25) is 38.4 Å². The number of ketones is 4. The van der Waals surface area contributed by atoms with Crippen LogP contribution in [0.5, 0.6) is 0 Å². The van der Waals surface area contributed by atoms with Gasteiger partial charge in [-0.15, -0.1) is 0 Å². The summed E-state index contributed by atoms with van der Waals surface area (Å²) in [5.41, 5.74) is 45.6. The molecule has 4 amide bonds. The number of nitrogens with one attached hydrogen (secondary N) is 2. The van der Waals surface area contributed by atoms with Gasteiger partial charge >= 0.3 is 0 Å². The lowest BCUT2D eigenvalue weighted by Crippen LogP contribution is -2.51. The molecule has 0 spiro atoms. The molecular weight excluding hydrogens is 1650 g/mol. The Morgan fingerprint density at radius 3 is 1.26 bits per heavy atom. The van der Waals surface area contributed by atoms with Gasteiger partial charge < -0.3 is 60.6 Å². The average Bonchev–Trinajstić information content (AvgIpc) is 0.824. The number of carbonyl (C=O) groups excluding carboxylic acids is 8. The lowest BCUT2D eigenvalue weighted by molar-refractivity contribution is -0.136. The van der Waals surface area contributed by atoms with E-state index in [9.17, 15) is 46.8 Å². The summed E-state index contributed by atoms with van der Waals surface area (Å²) in [6.07, 6.45) is 11.8. The third-order valence-corrected chi connectivity index (χ3v) is 25.6. The molecule has 0 aliphatic heterocycles. The Morgan fingerprint density at radius 2 is 0.769 bits per heavy atom. The number of hydrogen-bond acceptors (Lipinski definition) is 17. The second kappa shape index (κ2) is 54.1. The highest BCUT2D eigenvalue weighted by Crippen LogP contribution is 2.29. The van der Waals surface area contributed by atoms with E-state index in [1.165, 1.54) is 10.8 Å². The predicted octanol–water partition coefficient (Wildman–Crippen LogP) is 15.6. The van der Waals surface area contributed by atoms with Gasteiger partial charge in [0.05, 0.1) is 25.4 Å². The van der Waals surface area contributed by atoms with Crippen molar-refractivity contribution in [1.29, 1.82) is 0 Å². The van der Waals surface area contributed by atoms with Gasteiger partial charge in [0, 0.05) is 99.5 Å². The minimum absolute atomic E-state index is 0. The second-order valence-electron chi connectivity index (χ2n) is 33.6. The molecule has 0 fully saturated rings. The van der Waals surface area contributed by atoms with Crippen LogP contribution in [0.25, 0.3) is 64.6 Å². The lowest BCUT2D eigenvalue weighted by Gasteiger charge is -2.29. The van der Waals surface area contributed by atoms with Gasteiger partial charge in [-0.05, 0) is 215 Å². The van der Waals surface area contributed by atoms with Gasteiger partial charge in [-0.2, -0.15) is 4.31 Å². The molecule has 12 rings (SSSR count). The zero-order valence-corrected chi connectivity index (χ0v) is 75.3. The van der Waals surface area contributed by atoms with Crippen LogP contribution < -0.4 is 50.8 Å². The third-order valence-electron chi connectivity index (χ3n) is 23.7. The van der Waals surface area contributed by atoms with Crippen LogP contribution in [0.1, 0.15) is 171 Å². The van der Waals surface area contributed by atoms with Crippen LogP contribution in [-0.2, 0) is 53.4 Å². The molecule has 22 nitrogen and oxygen atoms in total. The van der Waals surface area contributed by atoms with Gasteiger partial charge in [-0.1, -0.05) is 264 Å². The fourth-order valence-corrected chi connectivity index (χ4v) is 17.9. The number of carbonyl (C=O) groups is 8. The molecular formula is C107H134N12O10S. The van der Waals surface area contributed by atoms with Crippen molar-refractivity contribution in [3.63, 3.8) is 0 Å². The number of aryl methyl sites for hydroxylation is 2. The Labute approximate surface area is 767 Å². The number of benzene rings is 12. The first-order valence-corrected chi connectivity index (χ1v) is 47.3. The van der Waals surface area contributed by atoms with Crippen molar-refractivity contribution in [2.75, 3.05) is 84.3 Å². The Morgan fingerprint density at radius 1 is 0.362 bits per heavy atom. The topological polar surface area (TPSA) is 387 Å². The fourth-order valence-electron chi connectivity index (χ4n) is 16.6. The number of rotatable bonds is 51. The molecule has 4 atom stereocenters. The van der Waals surface area contributed by atoms with Crippen molar-refractivity contribution in [3.8, 4) is 0 Å². The first-order valence-electron chi connectivity index (χ1n) is 45.7. The Balaban J connectivity index is 0.000000222. The van der Waals surface area contributed by atoms with E-state index in [4.69, 9.17) is 40.1 Å². The van der Waals surface area contributed by atoms with E-state index in [1.54, 1.807) is 15.9 Å². The smallest absolute Gasteiger partial charge is 0.254 e. The number of fused-ring (bicyclic) bond motifs is 6. The monoisotopic (exact) mass is 1780 g/mol. The predicted molar refractivity (Wildman–Crippen MR) is 531 cm³/mol. The summed E-state index contributed by atoms with van der Waals surface area (Å²) in [6.45, 7) is 2.87. The molecule has 130 heavy (non-hydrogen) atoms. The summed E-state index contributed by atoms with van der Waals surface area (Å²) in [5.74, 6) is -2.17. The number of nitrogens with zero attached hydrogens (tertiary/aromatic N) is 3. The van der Waals surface area contributed by atoms with Crippen molar-refractivity contribution in [2.45, 2.75) is 154 Å². The second-order valence-corrected chi connectivity index (χ2v) is 35.7. The van der Waals surface area contributed by atoms with Gasteiger partial charge in [0.25, 0.3) is 5.91 Å². The molecule has 0 aliphatic carbocycles. The molecule has 0 radical (unpaired) electrons. The van der Waals surface area contributed by atoms with Crippen molar-refractivity contribution in [3.05, 3.63) is 288 Å². The number of hydrogen-bond donors (Lipinski definition) is 9. The highest BCUT2D eigenvalue weighted by atomic mass is 32.2. The Hall–Kier alpha value is -11.6. The normalized spacial score (nSPS) is 12.3. The van der Waals surface area contributed by atoms with Gasteiger partial charge in [0.15, 0.2) is 23.1 Å². The maximum Gasteiger partial charge on any atom is 0.254 e. The molecule has 12 aromatic rings. The van der Waals surface area contributed by atoms with Crippen molar-refractivity contribution in [2.24, 2.45) is 52.0 Å². The maximum absolute atomic E-state index is 13.9. The largest absolute Gasteiger partial charge is 0.352 e. The molecule has 0 saturated carbocycles. The molecule has 688 valence electrons. The van der Waals surface area contributed by atoms with Gasteiger partial charge in [0.1, 0.15) is 0 Å². The minimum atomic E-state index is -3.95. The van der Waals surface area contributed by atoms with Crippen LogP contribution in [0.2, 0.25) is 0 Å². The lowest BCUT2D eigenvalue weighted by atomic mass is 9.91. The number of Topliss-reactive ketones (excluding diaryl/α,β-unsaturated/α-hetero) is 4. The Bertz CT molecular complexity index is 5800. The summed E-state index contributed by atoms with van der Waals surface area (Å²) in [7, 11) is -3.95. The molecule has 16 N–H and O–H groups in total. The zero-order chi connectivity index (χ0) is 91.7. The Kier molecular flexibility index (Phi) is 42.5. The summed E-state index contributed by atoms with van der Waals surface area (Å²) in [5, 5.41) is 18.7. The van der Waals surface area contributed by atoms with Crippen LogP contribution in [0.4, 0.5) is 0 Å². The van der Waals surface area contributed by atoms with Crippen molar-refractivity contribution in [1.82, 2.24) is 24.7 Å². The van der Waals surface area contributed by atoms with Crippen molar-refractivity contribution >= 4 is 121 Å². The molecule has 0 aliphatic rings. The number of unbranched alkanes of at least 4 members (excludes halogenated alkanes) is 4. The molecule has 0 heterocycles. The van der Waals surface area contributed by atoms with E-state index < -0.39 is 34.4 Å². The number of sulfonamides is 1. The van der Waals surface area contributed by atoms with Crippen LogP contribution in [0, 0.1) is 11.8 Å². The average molecular weight is 1780 g/mol. The van der Waals surface area contributed by atoms with Gasteiger partial charge in [0.2, 0.25) is 27.7 Å². The van der Waals surface area contributed by atoms with Crippen LogP contribution in [-0.4, -0.2) is 166 Å². The van der Waals surface area contributed by atoms with Crippen LogP contribution in [0.15, 0.2) is 255 Å². The third kappa shape index (κ3) is 31.9. The highest BCUT2D eigenvalue weighted by Gasteiger charge is 2.32. The zero-order valence-electron chi connectivity index (χ0n) is 74.5. The SMILES string of the molecule is C.NCCCC[C@@H](CN(CC(=O)NCc1cccc2ccccc12)S(=O)(=O)CCN)NC(=O)[C@H](CCCCN)CC(=O)c1ccc2ccccc2c1.NCCCC[C@H](CC(=O)c1ccc2ccccc2c1)CN(CC(=O)CCc1cccc2ccccc12)C(=O)CCCN.NCCCC[C@H](N)CN(CC(=O)CCc1cccc2ccccc12)C(=O)c1ccc2ccccc2c1. The molecule has 0 saturated heterocycles. The van der Waals surface area contributed by atoms with E-state index in [0.29, 0.717) is 146 Å². The summed E-state index contributed by atoms with van der Waals surface area (Å²) >= 11 is 0. The van der Waals surface area contributed by atoms with E-state index in [1.807, 2.05) is 200 Å². The van der Waals surface area contributed by atoms with E-state index in [-0.39, 0.29) is 105 Å². The first kappa shape index (κ1) is 102. The maximum atomic E-state index is 13.9. The molecule has 0 aromatic heterocycles. The summed E-state index contributed by atoms with van der Waals surface area (Å²) < 4.78 is 28.0. The quantitative estimate of drug-likeness (QED) is 0.0126. The highest BCUT2D eigenvalue weighted by molar-refractivity contribution is 7.89. The first-order chi connectivity index (χ1) is 62.7. The van der Waals surface area contributed by atoms with E-state index in [0.717, 1.165) is 113 Å². The number of amides is 4. The molecule has 23 heteroatoms. The summed E-state index contributed by atoms with van der Waals surface area (Å²) in [4.78, 5) is 111. The molecule has 12 aromatic carbocycles. The molecule has 0 unspecified atom stereocenters. The molecule has 0 bridgehead atoms. The van der Waals surface area contributed by atoms with E-state index in [2.05, 4.69) is 59.2 Å². The van der Waals surface area contributed by atoms with Crippen molar-refractivity contribution < 1.29 is 46.8 Å².